The van der Waals surface area contributed by atoms with Crippen LogP contribution in [0.2, 0.25) is 5.02 Å². The number of aliphatic hydroxyl groups excluding tert-OH is 1. The van der Waals surface area contributed by atoms with E-state index in [4.69, 9.17) is 11.6 Å². The zero-order valence-electron chi connectivity index (χ0n) is 9.00. The molecule has 0 saturated heterocycles. The van der Waals surface area contributed by atoms with Gasteiger partial charge in [0.25, 0.3) is 0 Å². The minimum Gasteiger partial charge on any atom is -0.384 e. The summed E-state index contributed by atoms with van der Waals surface area (Å²) in [5.41, 5.74) is -0.0384. The third-order valence-electron chi connectivity index (χ3n) is 2.50. The van der Waals surface area contributed by atoms with Crippen LogP contribution in [0.5, 0.6) is 0 Å². The van der Waals surface area contributed by atoms with Crippen molar-refractivity contribution in [2.75, 3.05) is 0 Å². The van der Waals surface area contributed by atoms with Crippen molar-refractivity contribution in [2.45, 2.75) is 6.10 Å². The van der Waals surface area contributed by atoms with Gasteiger partial charge in [0.2, 0.25) is 0 Å². The van der Waals surface area contributed by atoms with Crippen LogP contribution in [0.3, 0.4) is 0 Å². The highest BCUT2D eigenvalue weighted by Crippen LogP contribution is 2.27. The standard InChI is InChI=1S/C13H8ClF3O/c14-8-3-1-2-7(4-8)13(18)9-5-11(16)12(17)6-10(9)15/h1-6,13,18H. The van der Waals surface area contributed by atoms with E-state index in [1.54, 1.807) is 12.1 Å². The Hall–Kier alpha value is -1.52. The van der Waals surface area contributed by atoms with Crippen molar-refractivity contribution < 1.29 is 18.3 Å². The lowest BCUT2D eigenvalue weighted by atomic mass is 10.0. The molecule has 0 bridgehead atoms. The van der Waals surface area contributed by atoms with Crippen molar-refractivity contribution in [1.82, 2.24) is 0 Å². The van der Waals surface area contributed by atoms with Crippen LogP contribution in [0.1, 0.15) is 17.2 Å². The fraction of sp³-hybridized carbons (Fsp3) is 0.0769. The van der Waals surface area contributed by atoms with Gasteiger partial charge in [0.15, 0.2) is 11.6 Å². The molecule has 0 spiro atoms. The maximum atomic E-state index is 13.5. The monoisotopic (exact) mass is 272 g/mol. The largest absolute Gasteiger partial charge is 0.384 e. The van der Waals surface area contributed by atoms with Crippen LogP contribution in [0.15, 0.2) is 36.4 Å². The van der Waals surface area contributed by atoms with Crippen LogP contribution in [0, 0.1) is 17.5 Å². The average molecular weight is 273 g/mol. The maximum Gasteiger partial charge on any atom is 0.161 e. The van der Waals surface area contributed by atoms with Gasteiger partial charge in [-0.25, -0.2) is 13.2 Å². The molecular weight excluding hydrogens is 265 g/mol. The fourth-order valence-electron chi connectivity index (χ4n) is 1.60. The van der Waals surface area contributed by atoms with Gasteiger partial charge in [-0.15, -0.1) is 0 Å². The Bertz CT molecular complexity index is 586. The van der Waals surface area contributed by atoms with Crippen LogP contribution in [0.25, 0.3) is 0 Å². The third kappa shape index (κ3) is 2.49. The molecule has 0 aliphatic heterocycles. The molecule has 0 fully saturated rings. The van der Waals surface area contributed by atoms with Crippen molar-refractivity contribution >= 4 is 11.6 Å². The van der Waals surface area contributed by atoms with E-state index in [2.05, 4.69) is 0 Å². The number of halogens is 4. The summed E-state index contributed by atoms with van der Waals surface area (Å²) in [7, 11) is 0. The first-order valence-electron chi connectivity index (χ1n) is 5.07. The van der Waals surface area contributed by atoms with Crippen molar-refractivity contribution in [3.05, 3.63) is 70.0 Å². The lowest BCUT2D eigenvalue weighted by molar-refractivity contribution is 0.214. The van der Waals surface area contributed by atoms with E-state index in [1.165, 1.54) is 12.1 Å². The molecule has 2 aromatic carbocycles. The SMILES string of the molecule is OC(c1cccc(Cl)c1)c1cc(F)c(F)cc1F. The molecule has 0 radical (unpaired) electrons. The van der Waals surface area contributed by atoms with E-state index >= 15 is 0 Å². The van der Waals surface area contributed by atoms with Crippen LogP contribution in [0.4, 0.5) is 13.2 Å². The summed E-state index contributed by atoms with van der Waals surface area (Å²) in [6.07, 6.45) is -1.40. The molecule has 2 aromatic rings. The lowest BCUT2D eigenvalue weighted by Crippen LogP contribution is -2.04. The quantitative estimate of drug-likeness (QED) is 0.824. The maximum absolute atomic E-state index is 13.5. The molecule has 1 unspecified atom stereocenters. The first kappa shape index (κ1) is 12.9. The predicted octanol–water partition coefficient (Wildman–Crippen LogP) is 3.84. The Labute approximate surface area is 106 Å². The highest BCUT2D eigenvalue weighted by atomic mass is 35.5. The lowest BCUT2D eigenvalue weighted by Gasteiger charge is -2.13. The van der Waals surface area contributed by atoms with Gasteiger partial charge in [0, 0.05) is 16.7 Å². The van der Waals surface area contributed by atoms with Gasteiger partial charge in [-0.1, -0.05) is 23.7 Å². The Morgan fingerprint density at radius 2 is 1.61 bits per heavy atom. The first-order valence-corrected chi connectivity index (χ1v) is 5.45. The second-order valence-electron chi connectivity index (χ2n) is 3.75. The second-order valence-corrected chi connectivity index (χ2v) is 4.18. The van der Waals surface area contributed by atoms with Gasteiger partial charge in [-0.2, -0.15) is 0 Å². The number of hydrogen-bond acceptors (Lipinski definition) is 1. The molecule has 18 heavy (non-hydrogen) atoms. The van der Waals surface area contributed by atoms with Gasteiger partial charge < -0.3 is 5.11 Å². The van der Waals surface area contributed by atoms with Gasteiger partial charge in [-0.05, 0) is 23.8 Å². The summed E-state index contributed by atoms with van der Waals surface area (Å²) in [4.78, 5) is 0. The third-order valence-corrected chi connectivity index (χ3v) is 2.73. The second kappa shape index (κ2) is 5.00. The first-order chi connectivity index (χ1) is 8.49. The Balaban J connectivity index is 2.46. The molecule has 1 atom stereocenters. The normalized spacial score (nSPS) is 12.5. The number of rotatable bonds is 2. The Morgan fingerprint density at radius 3 is 2.28 bits per heavy atom. The van der Waals surface area contributed by atoms with Crippen molar-refractivity contribution in [1.29, 1.82) is 0 Å². The minimum absolute atomic E-state index is 0.299. The van der Waals surface area contributed by atoms with E-state index < -0.39 is 23.6 Å². The summed E-state index contributed by atoms with van der Waals surface area (Å²) < 4.78 is 39.3. The van der Waals surface area contributed by atoms with Crippen LogP contribution < -0.4 is 0 Å². The van der Waals surface area contributed by atoms with E-state index in [-0.39, 0.29) is 5.56 Å². The summed E-state index contributed by atoms with van der Waals surface area (Å²) in [5, 5.41) is 10.3. The van der Waals surface area contributed by atoms with Gasteiger partial charge in [0.1, 0.15) is 11.9 Å². The summed E-state index contributed by atoms with van der Waals surface area (Å²) in [5.74, 6) is -3.52. The molecule has 5 heteroatoms. The molecule has 1 N–H and O–H groups in total. The zero-order valence-corrected chi connectivity index (χ0v) is 9.76. The molecule has 0 heterocycles. The van der Waals surface area contributed by atoms with Gasteiger partial charge in [-0.3, -0.25) is 0 Å². The molecule has 0 saturated carbocycles. The molecule has 94 valence electrons. The van der Waals surface area contributed by atoms with Crippen molar-refractivity contribution in [3.63, 3.8) is 0 Å². The van der Waals surface area contributed by atoms with E-state index in [0.29, 0.717) is 22.7 Å². The number of aliphatic hydroxyl groups is 1. The van der Waals surface area contributed by atoms with E-state index in [9.17, 15) is 18.3 Å². The van der Waals surface area contributed by atoms with Gasteiger partial charge >= 0.3 is 0 Å². The molecule has 0 aliphatic carbocycles. The summed E-state index contributed by atoms with van der Waals surface area (Å²) in [6, 6.07) is 7.12. The topological polar surface area (TPSA) is 20.2 Å². The van der Waals surface area contributed by atoms with Gasteiger partial charge in [0.05, 0.1) is 0 Å². The summed E-state index contributed by atoms with van der Waals surface area (Å²) >= 11 is 5.73. The Kier molecular flexibility index (Phi) is 3.59. The molecule has 0 amide bonds. The smallest absolute Gasteiger partial charge is 0.161 e. The molecule has 0 aromatic heterocycles. The van der Waals surface area contributed by atoms with E-state index in [1.807, 2.05) is 0 Å². The molecule has 0 aliphatic rings. The van der Waals surface area contributed by atoms with Crippen molar-refractivity contribution in [3.8, 4) is 0 Å². The number of hydrogen-bond donors (Lipinski definition) is 1. The predicted molar refractivity (Wildman–Crippen MR) is 61.8 cm³/mol. The fourth-order valence-corrected chi connectivity index (χ4v) is 1.80. The zero-order chi connectivity index (χ0) is 13.3. The molecule has 2 rings (SSSR count). The van der Waals surface area contributed by atoms with Crippen LogP contribution in [-0.2, 0) is 0 Å². The van der Waals surface area contributed by atoms with Crippen molar-refractivity contribution in [2.24, 2.45) is 0 Å². The number of benzene rings is 2. The highest BCUT2D eigenvalue weighted by molar-refractivity contribution is 6.30. The Morgan fingerprint density at radius 1 is 0.944 bits per heavy atom. The highest BCUT2D eigenvalue weighted by Gasteiger charge is 2.18. The molecular formula is C13H8ClF3O. The minimum atomic E-state index is -1.40. The van der Waals surface area contributed by atoms with Crippen LogP contribution >= 0.6 is 11.6 Å². The van der Waals surface area contributed by atoms with E-state index in [0.717, 1.165) is 0 Å². The summed E-state index contributed by atoms with van der Waals surface area (Å²) in [6.45, 7) is 0. The molecule has 1 nitrogen and oxygen atoms in total. The average Bonchev–Trinajstić information content (AvgIpc) is 2.33. The van der Waals surface area contributed by atoms with Crippen LogP contribution in [-0.4, -0.2) is 5.11 Å².